The summed E-state index contributed by atoms with van der Waals surface area (Å²) in [6, 6.07) is 3.85. The average molecular weight is 315 g/mol. The summed E-state index contributed by atoms with van der Waals surface area (Å²) >= 11 is 11.9. The van der Waals surface area contributed by atoms with Crippen molar-refractivity contribution in [1.82, 2.24) is 9.97 Å². The van der Waals surface area contributed by atoms with Crippen LogP contribution in [0.15, 0.2) is 24.5 Å². The van der Waals surface area contributed by atoms with Crippen molar-refractivity contribution in [2.75, 3.05) is 12.4 Å². The van der Waals surface area contributed by atoms with Crippen LogP contribution in [0.2, 0.25) is 10.0 Å². The van der Waals surface area contributed by atoms with Crippen molar-refractivity contribution in [2.24, 2.45) is 0 Å². The molecular formula is C11H8Cl2N4O3. The van der Waals surface area contributed by atoms with E-state index in [2.05, 4.69) is 15.3 Å². The molecule has 0 bridgehead atoms. The molecule has 0 spiro atoms. The Morgan fingerprint density at radius 1 is 1.25 bits per heavy atom. The van der Waals surface area contributed by atoms with Gasteiger partial charge in [-0.15, -0.1) is 0 Å². The molecular weight excluding hydrogens is 307 g/mol. The van der Waals surface area contributed by atoms with Crippen LogP contribution in [-0.4, -0.2) is 21.9 Å². The molecule has 0 unspecified atom stereocenters. The van der Waals surface area contributed by atoms with Crippen molar-refractivity contribution in [3.05, 3.63) is 44.7 Å². The molecule has 9 heteroatoms. The maximum absolute atomic E-state index is 10.7. The highest BCUT2D eigenvalue weighted by Crippen LogP contribution is 2.39. The summed E-state index contributed by atoms with van der Waals surface area (Å²) < 4.78 is 5.44. The highest BCUT2D eigenvalue weighted by molar-refractivity contribution is 6.37. The molecule has 0 saturated heterocycles. The number of rotatable bonds is 4. The van der Waals surface area contributed by atoms with Gasteiger partial charge in [-0.1, -0.05) is 23.2 Å². The van der Waals surface area contributed by atoms with Crippen LogP contribution in [0.25, 0.3) is 0 Å². The number of benzene rings is 1. The first-order valence-corrected chi connectivity index (χ1v) is 6.08. The number of nitrogens with zero attached hydrogens (tertiary/aromatic N) is 3. The van der Waals surface area contributed by atoms with Gasteiger partial charge in [-0.05, 0) is 0 Å². The Balaban J connectivity index is 2.36. The van der Waals surface area contributed by atoms with Gasteiger partial charge in [0.15, 0.2) is 5.75 Å². The first-order valence-electron chi connectivity index (χ1n) is 5.32. The minimum Gasteiger partial charge on any atom is -0.436 e. The zero-order chi connectivity index (χ0) is 14.7. The van der Waals surface area contributed by atoms with Crippen molar-refractivity contribution < 1.29 is 9.66 Å². The van der Waals surface area contributed by atoms with Gasteiger partial charge in [-0.2, -0.15) is 0 Å². The smallest absolute Gasteiger partial charge is 0.272 e. The van der Waals surface area contributed by atoms with Gasteiger partial charge in [-0.25, -0.2) is 9.97 Å². The van der Waals surface area contributed by atoms with Crippen molar-refractivity contribution in [3.63, 3.8) is 0 Å². The summed E-state index contributed by atoms with van der Waals surface area (Å²) in [4.78, 5) is 17.9. The molecule has 2 aromatic rings. The van der Waals surface area contributed by atoms with Crippen molar-refractivity contribution >= 4 is 34.7 Å². The fourth-order valence-electron chi connectivity index (χ4n) is 1.39. The number of non-ortho nitro benzene ring substituents is 1. The Morgan fingerprint density at radius 2 is 1.90 bits per heavy atom. The van der Waals surface area contributed by atoms with Crippen LogP contribution in [0.5, 0.6) is 11.6 Å². The number of aromatic nitrogens is 2. The van der Waals surface area contributed by atoms with E-state index in [4.69, 9.17) is 27.9 Å². The van der Waals surface area contributed by atoms with Gasteiger partial charge in [-0.3, -0.25) is 10.1 Å². The standard InChI is InChI=1S/C11H8Cl2N4O3/c1-14-9-4-10(16-5-15-9)20-11-7(12)2-6(17(18)19)3-8(11)13/h2-5H,1H3,(H,14,15,16). The second kappa shape index (κ2) is 5.89. The van der Waals surface area contributed by atoms with Crippen LogP contribution < -0.4 is 10.1 Å². The Hall–Kier alpha value is -2.12. The minimum atomic E-state index is -0.592. The highest BCUT2D eigenvalue weighted by atomic mass is 35.5. The molecule has 0 aliphatic carbocycles. The predicted molar refractivity (Wildman–Crippen MR) is 74.8 cm³/mol. The Bertz CT molecular complexity index is 643. The van der Waals surface area contributed by atoms with E-state index in [1.54, 1.807) is 7.05 Å². The largest absolute Gasteiger partial charge is 0.436 e. The topological polar surface area (TPSA) is 90.2 Å². The maximum Gasteiger partial charge on any atom is 0.272 e. The summed E-state index contributed by atoms with van der Waals surface area (Å²) in [7, 11) is 1.69. The molecule has 1 N–H and O–H groups in total. The number of anilines is 1. The number of ether oxygens (including phenoxy) is 1. The third-order valence-electron chi connectivity index (χ3n) is 2.30. The van der Waals surface area contributed by atoms with Crippen LogP contribution in [0, 0.1) is 10.1 Å². The summed E-state index contributed by atoms with van der Waals surface area (Å²) in [6.45, 7) is 0. The Kier molecular flexibility index (Phi) is 4.21. The molecule has 2 rings (SSSR count). The van der Waals surface area contributed by atoms with E-state index >= 15 is 0 Å². The van der Waals surface area contributed by atoms with E-state index in [1.165, 1.54) is 12.4 Å². The van der Waals surface area contributed by atoms with E-state index in [-0.39, 0.29) is 27.4 Å². The predicted octanol–water partition coefficient (Wildman–Crippen LogP) is 3.53. The average Bonchev–Trinajstić information content (AvgIpc) is 2.42. The minimum absolute atomic E-state index is 0.0221. The molecule has 0 aliphatic rings. The number of nitrogens with one attached hydrogen (secondary N) is 1. The molecule has 0 radical (unpaired) electrons. The molecule has 0 saturated carbocycles. The van der Waals surface area contributed by atoms with Crippen LogP contribution in [0.1, 0.15) is 0 Å². The molecule has 1 aromatic carbocycles. The summed E-state index contributed by atoms with van der Waals surface area (Å²) in [5.74, 6) is 0.853. The molecule has 0 fully saturated rings. The van der Waals surface area contributed by atoms with E-state index in [1.807, 2.05) is 0 Å². The van der Waals surface area contributed by atoms with Gasteiger partial charge in [0.1, 0.15) is 12.1 Å². The van der Waals surface area contributed by atoms with Crippen LogP contribution in [-0.2, 0) is 0 Å². The van der Waals surface area contributed by atoms with Gasteiger partial charge in [0.2, 0.25) is 5.88 Å². The molecule has 0 atom stereocenters. The van der Waals surface area contributed by atoms with E-state index in [9.17, 15) is 10.1 Å². The summed E-state index contributed by atoms with van der Waals surface area (Å²) in [5, 5.41) is 13.5. The maximum atomic E-state index is 10.7. The van der Waals surface area contributed by atoms with E-state index in [0.29, 0.717) is 5.82 Å². The van der Waals surface area contributed by atoms with Gasteiger partial charge < -0.3 is 10.1 Å². The van der Waals surface area contributed by atoms with E-state index in [0.717, 1.165) is 12.1 Å². The fraction of sp³-hybridized carbons (Fsp3) is 0.0909. The monoisotopic (exact) mass is 314 g/mol. The quantitative estimate of drug-likeness (QED) is 0.685. The zero-order valence-electron chi connectivity index (χ0n) is 10.1. The van der Waals surface area contributed by atoms with Gasteiger partial charge >= 0.3 is 0 Å². The lowest BCUT2D eigenvalue weighted by Gasteiger charge is -2.09. The molecule has 20 heavy (non-hydrogen) atoms. The molecule has 1 heterocycles. The second-order valence-electron chi connectivity index (χ2n) is 3.59. The van der Waals surface area contributed by atoms with E-state index < -0.39 is 4.92 Å². The third-order valence-corrected chi connectivity index (χ3v) is 2.86. The number of nitro benzene ring substituents is 1. The normalized spacial score (nSPS) is 10.2. The highest BCUT2D eigenvalue weighted by Gasteiger charge is 2.17. The second-order valence-corrected chi connectivity index (χ2v) is 4.40. The van der Waals surface area contributed by atoms with Gasteiger partial charge in [0.05, 0.1) is 15.0 Å². The van der Waals surface area contributed by atoms with Crippen molar-refractivity contribution in [2.45, 2.75) is 0 Å². The fourth-order valence-corrected chi connectivity index (χ4v) is 1.94. The Morgan fingerprint density at radius 3 is 2.45 bits per heavy atom. The third kappa shape index (κ3) is 3.06. The lowest BCUT2D eigenvalue weighted by atomic mass is 10.3. The number of halogens is 2. The summed E-state index contributed by atoms with van der Waals surface area (Å²) in [6.07, 6.45) is 1.30. The molecule has 0 aliphatic heterocycles. The molecule has 7 nitrogen and oxygen atoms in total. The number of hydrogen-bond donors (Lipinski definition) is 1. The Labute approximate surface area is 123 Å². The molecule has 0 amide bonds. The first kappa shape index (κ1) is 14.3. The van der Waals surface area contributed by atoms with Crippen molar-refractivity contribution in [3.8, 4) is 11.6 Å². The lowest BCUT2D eigenvalue weighted by Crippen LogP contribution is -1.96. The molecule has 1 aromatic heterocycles. The van der Waals surface area contributed by atoms with Gasteiger partial charge in [0, 0.05) is 25.2 Å². The molecule has 104 valence electrons. The zero-order valence-corrected chi connectivity index (χ0v) is 11.6. The van der Waals surface area contributed by atoms with Crippen molar-refractivity contribution in [1.29, 1.82) is 0 Å². The van der Waals surface area contributed by atoms with Crippen LogP contribution in [0.4, 0.5) is 11.5 Å². The summed E-state index contributed by atoms with van der Waals surface area (Å²) in [5.41, 5.74) is -0.217. The number of hydrogen-bond acceptors (Lipinski definition) is 6. The van der Waals surface area contributed by atoms with Crippen LogP contribution in [0.3, 0.4) is 0 Å². The SMILES string of the molecule is CNc1cc(Oc2c(Cl)cc([N+](=O)[O-])cc2Cl)ncn1. The number of nitro groups is 1. The van der Waals surface area contributed by atoms with Gasteiger partial charge in [0.25, 0.3) is 5.69 Å². The van der Waals surface area contributed by atoms with Crippen LogP contribution >= 0.6 is 23.2 Å². The first-order chi connectivity index (χ1) is 9.51. The lowest BCUT2D eigenvalue weighted by molar-refractivity contribution is -0.384.